The number of hydrogen-bond donors (Lipinski definition) is 1. The van der Waals surface area contributed by atoms with E-state index in [4.69, 9.17) is 4.74 Å². The highest BCUT2D eigenvalue weighted by atomic mass is 32.2. The van der Waals surface area contributed by atoms with Gasteiger partial charge in [-0.1, -0.05) is 6.07 Å². The summed E-state index contributed by atoms with van der Waals surface area (Å²) in [6.45, 7) is 1.98. The van der Waals surface area contributed by atoms with Gasteiger partial charge in [0.2, 0.25) is 0 Å². The molecule has 1 atom stereocenters. The summed E-state index contributed by atoms with van der Waals surface area (Å²) in [5.74, 6) is 2.30. The van der Waals surface area contributed by atoms with E-state index in [2.05, 4.69) is 23.5 Å². The smallest absolute Gasteiger partial charge is 0.122 e. The molecule has 3 heteroatoms. The van der Waals surface area contributed by atoms with Crippen LogP contribution in [0.25, 0.3) is 0 Å². The van der Waals surface area contributed by atoms with Gasteiger partial charge in [-0.15, -0.1) is 11.8 Å². The zero-order chi connectivity index (χ0) is 9.38. The third kappa shape index (κ3) is 1.41. The summed E-state index contributed by atoms with van der Waals surface area (Å²) >= 11 is 1.99. The van der Waals surface area contributed by atoms with Gasteiger partial charge in [0.1, 0.15) is 5.75 Å². The van der Waals surface area contributed by atoms with Crippen LogP contribution in [0.15, 0.2) is 18.2 Å². The van der Waals surface area contributed by atoms with Gasteiger partial charge in [0.15, 0.2) is 0 Å². The van der Waals surface area contributed by atoms with E-state index in [1.54, 1.807) is 0 Å². The molecular formula is C11H13NOS. The second-order valence-electron chi connectivity index (χ2n) is 3.67. The summed E-state index contributed by atoms with van der Waals surface area (Å²) in [6.07, 6.45) is 1.07. The molecular weight excluding hydrogens is 194 g/mol. The molecule has 3 rings (SSSR count). The summed E-state index contributed by atoms with van der Waals surface area (Å²) in [5.41, 5.74) is 2.77. The van der Waals surface area contributed by atoms with E-state index in [0.29, 0.717) is 5.37 Å². The van der Waals surface area contributed by atoms with Gasteiger partial charge in [0.05, 0.1) is 12.0 Å². The molecule has 2 aliphatic rings. The lowest BCUT2D eigenvalue weighted by molar-refractivity contribution is 0.357. The number of rotatable bonds is 1. The number of thioether (sulfide) groups is 1. The maximum absolute atomic E-state index is 5.49. The molecule has 2 nitrogen and oxygen atoms in total. The standard InChI is InChI=1S/C11H13NOS/c1-2-10-8(3-5-13-10)7-9(1)11-12-4-6-14-11/h1-2,7,11-12H,3-6H2/t11-/m1/s1. The first kappa shape index (κ1) is 8.62. The van der Waals surface area contributed by atoms with Gasteiger partial charge in [-0.25, -0.2) is 0 Å². The van der Waals surface area contributed by atoms with E-state index in [-0.39, 0.29) is 0 Å². The summed E-state index contributed by atoms with van der Waals surface area (Å²) in [4.78, 5) is 0. The molecule has 1 aromatic rings. The third-order valence-electron chi connectivity index (χ3n) is 2.73. The molecule has 2 aliphatic heterocycles. The van der Waals surface area contributed by atoms with Crippen molar-refractivity contribution in [2.75, 3.05) is 18.9 Å². The fourth-order valence-corrected chi connectivity index (χ4v) is 3.06. The van der Waals surface area contributed by atoms with Crippen LogP contribution in [0, 0.1) is 0 Å². The molecule has 0 amide bonds. The SMILES string of the molecule is c1cc2c(cc1[C@@H]1NCCS1)CCO2. The third-order valence-corrected chi connectivity index (χ3v) is 3.94. The Hall–Kier alpha value is -0.670. The van der Waals surface area contributed by atoms with Crippen molar-refractivity contribution in [2.24, 2.45) is 0 Å². The zero-order valence-corrected chi connectivity index (χ0v) is 8.77. The Morgan fingerprint density at radius 2 is 2.43 bits per heavy atom. The second-order valence-corrected chi connectivity index (χ2v) is 4.88. The van der Waals surface area contributed by atoms with Crippen LogP contribution >= 0.6 is 11.8 Å². The van der Waals surface area contributed by atoms with Crippen molar-refractivity contribution in [1.82, 2.24) is 5.32 Å². The highest BCUT2D eigenvalue weighted by molar-refractivity contribution is 7.99. The van der Waals surface area contributed by atoms with Crippen LogP contribution in [-0.4, -0.2) is 18.9 Å². The summed E-state index contributed by atoms with van der Waals surface area (Å²) in [5, 5.41) is 3.99. The zero-order valence-electron chi connectivity index (χ0n) is 7.95. The Bertz CT molecular complexity index is 347. The maximum atomic E-state index is 5.49. The predicted molar refractivity (Wildman–Crippen MR) is 58.8 cm³/mol. The number of nitrogens with one attached hydrogen (secondary N) is 1. The summed E-state index contributed by atoms with van der Waals surface area (Å²) in [6, 6.07) is 6.58. The first-order valence-corrected chi connectivity index (χ1v) is 6.09. The highest BCUT2D eigenvalue weighted by Crippen LogP contribution is 2.34. The van der Waals surface area contributed by atoms with Crippen molar-refractivity contribution >= 4 is 11.8 Å². The first-order valence-electron chi connectivity index (χ1n) is 5.04. The Labute approximate surface area is 88.0 Å². The molecule has 1 fully saturated rings. The van der Waals surface area contributed by atoms with Gasteiger partial charge < -0.3 is 10.1 Å². The molecule has 0 bridgehead atoms. The van der Waals surface area contributed by atoms with Crippen molar-refractivity contribution in [2.45, 2.75) is 11.8 Å². The molecule has 1 saturated heterocycles. The molecule has 0 spiro atoms. The minimum absolute atomic E-state index is 0.501. The molecule has 0 aliphatic carbocycles. The van der Waals surface area contributed by atoms with E-state index in [1.165, 1.54) is 16.9 Å². The normalized spacial score (nSPS) is 24.7. The Morgan fingerprint density at radius 1 is 1.43 bits per heavy atom. The van der Waals surface area contributed by atoms with E-state index >= 15 is 0 Å². The molecule has 0 aromatic heterocycles. The van der Waals surface area contributed by atoms with Gasteiger partial charge >= 0.3 is 0 Å². The van der Waals surface area contributed by atoms with Crippen LogP contribution in [0.3, 0.4) is 0 Å². The van der Waals surface area contributed by atoms with Crippen molar-refractivity contribution in [1.29, 1.82) is 0 Å². The summed E-state index contributed by atoms with van der Waals surface area (Å²) < 4.78 is 5.49. The van der Waals surface area contributed by atoms with Crippen molar-refractivity contribution in [3.8, 4) is 5.75 Å². The minimum Gasteiger partial charge on any atom is -0.493 e. The van der Waals surface area contributed by atoms with E-state index in [0.717, 1.165) is 25.3 Å². The van der Waals surface area contributed by atoms with Crippen molar-refractivity contribution in [3.63, 3.8) is 0 Å². The van der Waals surface area contributed by atoms with Crippen LogP contribution in [0.5, 0.6) is 5.75 Å². The lowest BCUT2D eigenvalue weighted by atomic mass is 10.1. The van der Waals surface area contributed by atoms with Crippen molar-refractivity contribution in [3.05, 3.63) is 29.3 Å². The van der Waals surface area contributed by atoms with Gasteiger partial charge in [0, 0.05) is 18.7 Å². The van der Waals surface area contributed by atoms with Crippen LogP contribution in [-0.2, 0) is 6.42 Å². The largest absolute Gasteiger partial charge is 0.493 e. The van der Waals surface area contributed by atoms with Gasteiger partial charge in [-0.2, -0.15) is 0 Å². The van der Waals surface area contributed by atoms with Crippen molar-refractivity contribution < 1.29 is 4.74 Å². The fraction of sp³-hybridized carbons (Fsp3) is 0.455. The second kappa shape index (κ2) is 3.48. The number of fused-ring (bicyclic) bond motifs is 1. The monoisotopic (exact) mass is 207 g/mol. The average molecular weight is 207 g/mol. The Kier molecular flexibility index (Phi) is 2.14. The first-order chi connectivity index (χ1) is 6.93. The van der Waals surface area contributed by atoms with Crippen LogP contribution in [0.4, 0.5) is 0 Å². The van der Waals surface area contributed by atoms with Gasteiger partial charge in [-0.05, 0) is 23.3 Å². The molecule has 0 saturated carbocycles. The fourth-order valence-electron chi connectivity index (χ4n) is 2.01. The number of benzene rings is 1. The molecule has 2 heterocycles. The van der Waals surface area contributed by atoms with E-state index in [9.17, 15) is 0 Å². The van der Waals surface area contributed by atoms with Gasteiger partial charge in [0.25, 0.3) is 0 Å². The Morgan fingerprint density at radius 3 is 3.29 bits per heavy atom. The van der Waals surface area contributed by atoms with E-state index < -0.39 is 0 Å². The highest BCUT2D eigenvalue weighted by Gasteiger charge is 2.19. The lowest BCUT2D eigenvalue weighted by Gasteiger charge is -2.10. The lowest BCUT2D eigenvalue weighted by Crippen LogP contribution is -2.11. The molecule has 0 radical (unpaired) electrons. The van der Waals surface area contributed by atoms with Crippen LogP contribution in [0.2, 0.25) is 0 Å². The number of ether oxygens (including phenoxy) is 1. The minimum atomic E-state index is 0.501. The molecule has 0 unspecified atom stereocenters. The Balaban J connectivity index is 1.91. The summed E-state index contributed by atoms with van der Waals surface area (Å²) in [7, 11) is 0. The quantitative estimate of drug-likeness (QED) is 0.760. The van der Waals surface area contributed by atoms with Crippen LogP contribution < -0.4 is 10.1 Å². The molecule has 1 N–H and O–H groups in total. The molecule has 74 valence electrons. The van der Waals surface area contributed by atoms with Crippen LogP contribution in [0.1, 0.15) is 16.5 Å². The molecule has 1 aromatic carbocycles. The molecule has 14 heavy (non-hydrogen) atoms. The van der Waals surface area contributed by atoms with E-state index in [1.807, 2.05) is 11.8 Å². The number of hydrogen-bond acceptors (Lipinski definition) is 3. The maximum Gasteiger partial charge on any atom is 0.122 e. The van der Waals surface area contributed by atoms with Gasteiger partial charge in [-0.3, -0.25) is 0 Å². The topological polar surface area (TPSA) is 21.3 Å². The average Bonchev–Trinajstić information content (AvgIpc) is 2.88. The predicted octanol–water partition coefficient (Wildman–Crippen LogP) is 1.96.